The van der Waals surface area contributed by atoms with Gasteiger partial charge >= 0.3 is 0 Å². The van der Waals surface area contributed by atoms with Crippen molar-refractivity contribution < 1.29 is 4.21 Å². The van der Waals surface area contributed by atoms with E-state index in [4.69, 9.17) is 0 Å². The van der Waals surface area contributed by atoms with Gasteiger partial charge in [-0.1, -0.05) is 24.3 Å². The van der Waals surface area contributed by atoms with Gasteiger partial charge in [-0.2, -0.15) is 0 Å². The summed E-state index contributed by atoms with van der Waals surface area (Å²) >= 11 is 0. The predicted molar refractivity (Wildman–Crippen MR) is 51.6 cm³/mol. The van der Waals surface area contributed by atoms with Crippen LogP contribution in [0, 0.1) is 0 Å². The first-order chi connectivity index (χ1) is 5.79. The van der Waals surface area contributed by atoms with Crippen LogP contribution < -0.4 is 0 Å². The minimum atomic E-state index is -0.646. The highest BCUT2D eigenvalue weighted by atomic mass is 32.2. The third-order valence-electron chi connectivity index (χ3n) is 2.46. The molecule has 0 fully saturated rings. The van der Waals surface area contributed by atoms with Gasteiger partial charge in [-0.15, -0.1) is 0 Å². The first-order valence-corrected chi connectivity index (χ1v) is 5.62. The Hall–Kier alpha value is -0.630. The number of benzene rings is 1. The minimum Gasteiger partial charge on any atom is -0.259 e. The van der Waals surface area contributed by atoms with Gasteiger partial charge in [-0.3, -0.25) is 4.21 Å². The van der Waals surface area contributed by atoms with Crippen LogP contribution in [-0.2, 0) is 17.2 Å². The molecule has 2 rings (SSSR count). The molecule has 0 aliphatic carbocycles. The smallest absolute Gasteiger partial charge is 0.0571 e. The Morgan fingerprint density at radius 1 is 1.42 bits per heavy atom. The van der Waals surface area contributed by atoms with Crippen LogP contribution in [0.1, 0.15) is 23.3 Å². The fraction of sp³-hybridized carbons (Fsp3) is 0.400. The van der Waals surface area contributed by atoms with Gasteiger partial charge < -0.3 is 0 Å². The molecule has 2 unspecified atom stereocenters. The van der Waals surface area contributed by atoms with Crippen molar-refractivity contribution in [1.29, 1.82) is 0 Å². The Morgan fingerprint density at radius 2 is 2.17 bits per heavy atom. The summed E-state index contributed by atoms with van der Waals surface area (Å²) in [4.78, 5) is 0. The van der Waals surface area contributed by atoms with Crippen molar-refractivity contribution in [2.75, 3.05) is 5.75 Å². The SMILES string of the molecule is CC1c2ccccc2CCS1=O. The maximum absolute atomic E-state index is 11.5. The van der Waals surface area contributed by atoms with Crippen molar-refractivity contribution in [1.82, 2.24) is 0 Å². The van der Waals surface area contributed by atoms with E-state index < -0.39 is 10.8 Å². The molecule has 0 bridgehead atoms. The summed E-state index contributed by atoms with van der Waals surface area (Å²) in [6.07, 6.45) is 0.979. The first kappa shape index (κ1) is 7.99. The van der Waals surface area contributed by atoms with Crippen molar-refractivity contribution in [3.05, 3.63) is 35.4 Å². The molecule has 1 aromatic carbocycles. The fourth-order valence-corrected chi connectivity index (χ4v) is 2.98. The molecule has 0 amide bonds. The van der Waals surface area contributed by atoms with E-state index in [2.05, 4.69) is 18.2 Å². The number of hydrogen-bond acceptors (Lipinski definition) is 1. The summed E-state index contributed by atoms with van der Waals surface area (Å²) in [5.74, 6) is 0.832. The summed E-state index contributed by atoms with van der Waals surface area (Å²) in [6.45, 7) is 2.05. The molecule has 1 aliphatic rings. The number of aryl methyl sites for hydroxylation is 1. The molecular formula is C10H12OS. The quantitative estimate of drug-likeness (QED) is 0.597. The Morgan fingerprint density at radius 3 is 3.00 bits per heavy atom. The van der Waals surface area contributed by atoms with Crippen molar-refractivity contribution in [3.63, 3.8) is 0 Å². The second-order valence-corrected chi connectivity index (χ2v) is 5.05. The van der Waals surface area contributed by atoms with Crippen molar-refractivity contribution in [2.24, 2.45) is 0 Å². The van der Waals surface area contributed by atoms with Crippen molar-refractivity contribution >= 4 is 10.8 Å². The van der Waals surface area contributed by atoms with Crippen LogP contribution >= 0.6 is 0 Å². The molecule has 0 spiro atoms. The van der Waals surface area contributed by atoms with Crippen LogP contribution in [0.25, 0.3) is 0 Å². The van der Waals surface area contributed by atoms with E-state index in [-0.39, 0.29) is 5.25 Å². The van der Waals surface area contributed by atoms with Gasteiger partial charge in [0.25, 0.3) is 0 Å². The maximum Gasteiger partial charge on any atom is 0.0571 e. The molecule has 0 saturated heterocycles. The summed E-state index contributed by atoms with van der Waals surface area (Å²) in [5.41, 5.74) is 2.66. The Kier molecular flexibility index (Phi) is 2.01. The second kappa shape index (κ2) is 3.02. The van der Waals surface area contributed by atoms with Gasteiger partial charge in [0.2, 0.25) is 0 Å². The third-order valence-corrected chi connectivity index (χ3v) is 4.11. The molecule has 1 aliphatic heterocycles. The molecule has 1 heterocycles. The van der Waals surface area contributed by atoms with Gasteiger partial charge in [0.15, 0.2) is 0 Å². The zero-order valence-corrected chi connectivity index (χ0v) is 7.93. The van der Waals surface area contributed by atoms with Gasteiger partial charge in [-0.05, 0) is 24.5 Å². The molecule has 0 aromatic heterocycles. The molecule has 12 heavy (non-hydrogen) atoms. The predicted octanol–water partition coefficient (Wildman–Crippen LogP) is 2.05. The lowest BCUT2D eigenvalue weighted by molar-refractivity contribution is 0.671. The summed E-state index contributed by atoms with van der Waals surface area (Å²) < 4.78 is 11.5. The zero-order valence-electron chi connectivity index (χ0n) is 7.12. The number of fused-ring (bicyclic) bond motifs is 1. The molecule has 64 valence electrons. The van der Waals surface area contributed by atoms with Gasteiger partial charge in [0.05, 0.1) is 5.25 Å². The van der Waals surface area contributed by atoms with Crippen LogP contribution in [0.15, 0.2) is 24.3 Å². The van der Waals surface area contributed by atoms with E-state index in [1.807, 2.05) is 13.0 Å². The molecule has 2 atom stereocenters. The summed E-state index contributed by atoms with van der Waals surface area (Å²) in [6, 6.07) is 8.32. The third kappa shape index (κ3) is 1.20. The van der Waals surface area contributed by atoms with E-state index in [9.17, 15) is 4.21 Å². The highest BCUT2D eigenvalue weighted by Gasteiger charge is 2.21. The van der Waals surface area contributed by atoms with E-state index in [1.54, 1.807) is 0 Å². The van der Waals surface area contributed by atoms with E-state index >= 15 is 0 Å². The Bertz CT molecular complexity index is 319. The van der Waals surface area contributed by atoms with Crippen LogP contribution in [0.5, 0.6) is 0 Å². The Balaban J connectivity index is 2.48. The van der Waals surface area contributed by atoms with Gasteiger partial charge in [-0.25, -0.2) is 0 Å². The van der Waals surface area contributed by atoms with Crippen LogP contribution in [-0.4, -0.2) is 9.96 Å². The molecule has 0 N–H and O–H groups in total. The van der Waals surface area contributed by atoms with Gasteiger partial charge in [0.1, 0.15) is 0 Å². The largest absolute Gasteiger partial charge is 0.259 e. The normalized spacial score (nSPS) is 28.1. The Labute approximate surface area is 75.3 Å². The second-order valence-electron chi connectivity index (χ2n) is 3.18. The van der Waals surface area contributed by atoms with Gasteiger partial charge in [0, 0.05) is 16.6 Å². The monoisotopic (exact) mass is 180 g/mol. The lowest BCUT2D eigenvalue weighted by atomic mass is 10.0. The van der Waals surface area contributed by atoms with Crippen molar-refractivity contribution in [3.8, 4) is 0 Å². The summed E-state index contributed by atoms with van der Waals surface area (Å²) in [5, 5.41) is 0.231. The van der Waals surface area contributed by atoms with E-state index in [0.29, 0.717) is 0 Å². The molecule has 1 nitrogen and oxygen atoms in total. The fourth-order valence-electron chi connectivity index (χ4n) is 1.69. The zero-order chi connectivity index (χ0) is 8.55. The number of hydrogen-bond donors (Lipinski definition) is 0. The topological polar surface area (TPSA) is 17.1 Å². The lowest BCUT2D eigenvalue weighted by Gasteiger charge is -2.21. The molecule has 0 radical (unpaired) electrons. The molecule has 1 aromatic rings. The minimum absolute atomic E-state index is 0.231. The average molecular weight is 180 g/mol. The average Bonchev–Trinajstić information content (AvgIpc) is 2.12. The lowest BCUT2D eigenvalue weighted by Crippen LogP contribution is -2.16. The summed E-state index contributed by atoms with van der Waals surface area (Å²) in [7, 11) is -0.646. The number of rotatable bonds is 0. The van der Waals surface area contributed by atoms with Crippen molar-refractivity contribution in [2.45, 2.75) is 18.6 Å². The first-order valence-electron chi connectivity index (χ1n) is 4.24. The van der Waals surface area contributed by atoms with Crippen LogP contribution in [0.3, 0.4) is 0 Å². The van der Waals surface area contributed by atoms with Crippen LogP contribution in [0.2, 0.25) is 0 Å². The van der Waals surface area contributed by atoms with E-state index in [1.165, 1.54) is 11.1 Å². The molecule has 0 saturated carbocycles. The molecular weight excluding hydrogens is 168 g/mol. The van der Waals surface area contributed by atoms with E-state index in [0.717, 1.165) is 12.2 Å². The highest BCUT2D eigenvalue weighted by molar-refractivity contribution is 7.85. The molecule has 2 heteroatoms. The standard InChI is InChI=1S/C10H12OS/c1-8-10-5-3-2-4-9(10)6-7-12(8)11/h2-5,8H,6-7H2,1H3. The van der Waals surface area contributed by atoms with Crippen LogP contribution in [0.4, 0.5) is 0 Å². The maximum atomic E-state index is 11.5. The highest BCUT2D eigenvalue weighted by Crippen LogP contribution is 2.28.